The molecule has 0 aliphatic heterocycles. The first-order chi connectivity index (χ1) is 10.0. The highest BCUT2D eigenvalue weighted by molar-refractivity contribution is 7.20. The monoisotopic (exact) mass is 303 g/mol. The van der Waals surface area contributed by atoms with Crippen molar-refractivity contribution in [1.29, 1.82) is 0 Å². The Morgan fingerprint density at radius 2 is 1.90 bits per heavy atom. The number of aromatic nitrogens is 4. The maximum absolute atomic E-state index is 5.86. The number of hydrogen-bond donors (Lipinski definition) is 1. The Morgan fingerprint density at radius 1 is 1.14 bits per heavy atom. The fourth-order valence-electron chi connectivity index (χ4n) is 2.17. The van der Waals surface area contributed by atoms with E-state index < -0.39 is 0 Å². The van der Waals surface area contributed by atoms with Crippen molar-refractivity contribution in [3.05, 3.63) is 34.6 Å². The number of nitrogens with zero attached hydrogens (tertiary/aromatic N) is 4. The molecule has 3 aromatic rings. The first-order valence-corrected chi connectivity index (χ1v) is 7.53. The van der Waals surface area contributed by atoms with E-state index >= 15 is 0 Å². The molecule has 7 heteroatoms. The van der Waals surface area contributed by atoms with Crippen molar-refractivity contribution in [3.63, 3.8) is 0 Å². The average Bonchev–Trinajstić information content (AvgIpc) is 2.96. The molecule has 2 aromatic heterocycles. The Bertz CT molecular complexity index is 792. The molecule has 6 nitrogen and oxygen atoms in total. The van der Waals surface area contributed by atoms with Gasteiger partial charge in [-0.1, -0.05) is 17.4 Å². The number of nitrogens with two attached hydrogens (primary N) is 1. The molecule has 21 heavy (non-hydrogen) atoms. The minimum absolute atomic E-state index is 0.493. The second-order valence-corrected chi connectivity index (χ2v) is 6.04. The van der Waals surface area contributed by atoms with Gasteiger partial charge in [0.2, 0.25) is 10.1 Å². The quantitative estimate of drug-likeness (QED) is 0.800. The van der Waals surface area contributed by atoms with Gasteiger partial charge in [0.1, 0.15) is 5.75 Å². The van der Waals surface area contributed by atoms with Crippen molar-refractivity contribution in [3.8, 4) is 5.75 Å². The van der Waals surface area contributed by atoms with E-state index in [0.29, 0.717) is 23.1 Å². The van der Waals surface area contributed by atoms with Crippen molar-refractivity contribution in [2.24, 2.45) is 0 Å². The maximum Gasteiger partial charge on any atom is 0.236 e. The first kappa shape index (κ1) is 13.8. The van der Waals surface area contributed by atoms with Gasteiger partial charge in [-0.15, -0.1) is 15.3 Å². The highest BCUT2D eigenvalue weighted by atomic mass is 32.1. The van der Waals surface area contributed by atoms with Crippen molar-refractivity contribution in [2.45, 2.75) is 27.2 Å². The summed E-state index contributed by atoms with van der Waals surface area (Å²) in [4.78, 5) is 0.713. The minimum atomic E-state index is 0.493. The minimum Gasteiger partial charge on any atom is -0.493 e. The number of anilines is 1. The third-order valence-electron chi connectivity index (χ3n) is 3.45. The van der Waals surface area contributed by atoms with Gasteiger partial charge in [-0.25, -0.2) is 0 Å². The zero-order valence-electron chi connectivity index (χ0n) is 12.3. The molecular weight excluding hydrogens is 286 g/mol. The number of aryl methyl sites for hydroxylation is 3. The number of fused-ring (bicyclic) bond motifs is 1. The number of rotatable bonds is 4. The molecular formula is C14H17N5OS. The van der Waals surface area contributed by atoms with E-state index in [1.165, 1.54) is 22.5 Å². The summed E-state index contributed by atoms with van der Waals surface area (Å²) in [5.74, 6) is 1.68. The molecule has 110 valence electrons. The van der Waals surface area contributed by atoms with E-state index in [1.54, 1.807) is 4.52 Å². The van der Waals surface area contributed by atoms with Crippen LogP contribution in [-0.2, 0) is 6.42 Å². The SMILES string of the molecule is Cc1cc(C)c(OCCc2nnc3sc(N)nn23)cc1C. The third-order valence-corrected chi connectivity index (χ3v) is 4.17. The van der Waals surface area contributed by atoms with E-state index in [2.05, 4.69) is 48.2 Å². The van der Waals surface area contributed by atoms with Gasteiger partial charge in [0.05, 0.1) is 6.61 Å². The van der Waals surface area contributed by atoms with Crippen molar-refractivity contribution >= 4 is 21.4 Å². The topological polar surface area (TPSA) is 78.3 Å². The maximum atomic E-state index is 5.86. The summed E-state index contributed by atoms with van der Waals surface area (Å²) in [5.41, 5.74) is 9.31. The number of benzene rings is 1. The molecule has 0 aliphatic rings. The normalized spacial score (nSPS) is 11.2. The molecule has 0 fully saturated rings. The van der Waals surface area contributed by atoms with Crippen LogP contribution < -0.4 is 10.5 Å². The van der Waals surface area contributed by atoms with Gasteiger partial charge in [0, 0.05) is 6.42 Å². The van der Waals surface area contributed by atoms with E-state index in [9.17, 15) is 0 Å². The fraction of sp³-hybridized carbons (Fsp3) is 0.357. The van der Waals surface area contributed by atoms with Crippen LogP contribution in [0.15, 0.2) is 12.1 Å². The summed E-state index contributed by atoms with van der Waals surface area (Å²) in [7, 11) is 0. The zero-order valence-corrected chi connectivity index (χ0v) is 13.1. The second-order valence-electron chi connectivity index (χ2n) is 5.05. The molecule has 3 rings (SSSR count). The summed E-state index contributed by atoms with van der Waals surface area (Å²) in [6, 6.07) is 4.21. The zero-order chi connectivity index (χ0) is 15.0. The van der Waals surface area contributed by atoms with Crippen LogP contribution in [0, 0.1) is 20.8 Å². The summed E-state index contributed by atoms with van der Waals surface area (Å²) >= 11 is 1.32. The predicted molar refractivity (Wildman–Crippen MR) is 82.9 cm³/mol. The lowest BCUT2D eigenvalue weighted by molar-refractivity contribution is 0.315. The third kappa shape index (κ3) is 2.69. The summed E-state index contributed by atoms with van der Waals surface area (Å²) in [6.45, 7) is 6.77. The van der Waals surface area contributed by atoms with Crippen LogP contribution in [0.2, 0.25) is 0 Å². The van der Waals surface area contributed by atoms with Gasteiger partial charge in [0.25, 0.3) is 0 Å². The highest BCUT2D eigenvalue weighted by Crippen LogP contribution is 2.22. The molecule has 1 aromatic carbocycles. The Kier molecular flexibility index (Phi) is 3.50. The molecule has 2 N–H and O–H groups in total. The van der Waals surface area contributed by atoms with Gasteiger partial charge in [-0.3, -0.25) is 0 Å². The van der Waals surface area contributed by atoms with Crippen molar-refractivity contribution in [1.82, 2.24) is 19.8 Å². The van der Waals surface area contributed by atoms with Gasteiger partial charge in [0.15, 0.2) is 5.82 Å². The number of nitrogen functional groups attached to an aromatic ring is 1. The molecule has 0 bridgehead atoms. The largest absolute Gasteiger partial charge is 0.493 e. The lowest BCUT2D eigenvalue weighted by atomic mass is 10.1. The van der Waals surface area contributed by atoms with Crippen LogP contribution in [0.25, 0.3) is 4.96 Å². The molecule has 0 atom stereocenters. The van der Waals surface area contributed by atoms with Crippen LogP contribution in [0.5, 0.6) is 5.75 Å². The average molecular weight is 303 g/mol. The van der Waals surface area contributed by atoms with Gasteiger partial charge in [-0.05, 0) is 43.5 Å². The summed E-state index contributed by atoms with van der Waals surface area (Å²) in [5, 5.41) is 12.8. The standard InChI is InChI=1S/C14H17N5OS/c1-8-6-10(3)11(7-9(8)2)20-5-4-12-16-17-14-19(12)18-13(15)21-14/h6-7H,4-5H2,1-3H3,(H2,15,18). The Hall–Kier alpha value is -2.15. The Labute approximate surface area is 126 Å². The van der Waals surface area contributed by atoms with E-state index in [0.717, 1.165) is 17.1 Å². The van der Waals surface area contributed by atoms with Crippen molar-refractivity contribution < 1.29 is 4.74 Å². The molecule has 0 saturated carbocycles. The van der Waals surface area contributed by atoms with E-state index in [1.807, 2.05) is 0 Å². The predicted octanol–water partition coefficient (Wildman–Crippen LogP) is 2.31. The fourth-order valence-corrected chi connectivity index (χ4v) is 2.79. The van der Waals surface area contributed by atoms with Gasteiger partial charge in [-0.2, -0.15) is 4.52 Å². The molecule has 0 amide bonds. The van der Waals surface area contributed by atoms with Crippen LogP contribution >= 0.6 is 11.3 Å². The van der Waals surface area contributed by atoms with Crippen LogP contribution in [0.1, 0.15) is 22.5 Å². The van der Waals surface area contributed by atoms with Gasteiger partial charge < -0.3 is 10.5 Å². The molecule has 0 unspecified atom stereocenters. The lowest BCUT2D eigenvalue weighted by Crippen LogP contribution is -2.07. The second kappa shape index (κ2) is 5.33. The number of ether oxygens (including phenoxy) is 1. The summed E-state index contributed by atoms with van der Waals surface area (Å²) in [6.07, 6.45) is 0.636. The lowest BCUT2D eigenvalue weighted by Gasteiger charge is -2.11. The highest BCUT2D eigenvalue weighted by Gasteiger charge is 2.10. The van der Waals surface area contributed by atoms with Crippen molar-refractivity contribution in [2.75, 3.05) is 12.3 Å². The molecule has 2 heterocycles. The van der Waals surface area contributed by atoms with Crippen LogP contribution in [0.3, 0.4) is 0 Å². The Morgan fingerprint density at radius 3 is 2.71 bits per heavy atom. The van der Waals surface area contributed by atoms with E-state index in [4.69, 9.17) is 10.5 Å². The van der Waals surface area contributed by atoms with Gasteiger partial charge >= 0.3 is 0 Å². The summed E-state index contributed by atoms with van der Waals surface area (Å²) < 4.78 is 7.54. The molecule has 0 radical (unpaired) electrons. The van der Waals surface area contributed by atoms with Crippen LogP contribution in [0.4, 0.5) is 5.13 Å². The molecule has 0 aliphatic carbocycles. The van der Waals surface area contributed by atoms with E-state index in [-0.39, 0.29) is 0 Å². The smallest absolute Gasteiger partial charge is 0.236 e. The molecule has 0 saturated heterocycles. The first-order valence-electron chi connectivity index (χ1n) is 6.72. The molecule has 0 spiro atoms. The number of hydrogen-bond acceptors (Lipinski definition) is 6. The Balaban J connectivity index is 1.70. The van der Waals surface area contributed by atoms with Crippen LogP contribution in [-0.4, -0.2) is 26.4 Å².